The number of nitrogens with zero attached hydrogens (tertiary/aromatic N) is 1. The van der Waals surface area contributed by atoms with Crippen molar-refractivity contribution >= 4 is 11.4 Å². The van der Waals surface area contributed by atoms with Crippen LogP contribution in [-0.4, -0.2) is 18.3 Å². The number of rotatable bonds is 2. The van der Waals surface area contributed by atoms with E-state index >= 15 is 0 Å². The van der Waals surface area contributed by atoms with Crippen LogP contribution in [0.1, 0.15) is 0 Å². The van der Waals surface area contributed by atoms with Crippen LogP contribution in [0.4, 0.5) is 11.4 Å². The Kier molecular flexibility index (Phi) is 2.46. The van der Waals surface area contributed by atoms with E-state index in [-0.39, 0.29) is 6.61 Å². The van der Waals surface area contributed by atoms with Crippen LogP contribution >= 0.6 is 0 Å². The van der Waals surface area contributed by atoms with Crippen molar-refractivity contribution in [2.75, 3.05) is 18.1 Å². The number of para-hydroxylation sites is 4. The largest absolute Gasteiger partial charge is 0.453 e. The molecule has 0 radical (unpaired) electrons. The fourth-order valence-electron chi connectivity index (χ4n) is 2.12. The van der Waals surface area contributed by atoms with Gasteiger partial charge in [-0.15, -0.1) is 0 Å². The second kappa shape index (κ2) is 4.11. The van der Waals surface area contributed by atoms with Crippen LogP contribution in [0.5, 0.6) is 11.5 Å². The maximum absolute atomic E-state index is 9.19. The summed E-state index contributed by atoms with van der Waals surface area (Å²) in [5.74, 6) is 1.67. The summed E-state index contributed by atoms with van der Waals surface area (Å²) in [4.78, 5) is 2.08. The van der Waals surface area contributed by atoms with Gasteiger partial charge in [0, 0.05) is 6.54 Å². The molecular weight excluding hydrogens is 214 g/mol. The van der Waals surface area contributed by atoms with Gasteiger partial charge in [-0.05, 0) is 24.3 Å². The average Bonchev–Trinajstić information content (AvgIpc) is 2.39. The molecule has 1 heterocycles. The van der Waals surface area contributed by atoms with Crippen molar-refractivity contribution in [2.24, 2.45) is 0 Å². The number of hydrogen-bond donors (Lipinski definition) is 1. The zero-order valence-electron chi connectivity index (χ0n) is 9.34. The molecule has 1 N–H and O–H groups in total. The van der Waals surface area contributed by atoms with E-state index in [1.54, 1.807) is 0 Å². The molecular formula is C14H13NO2. The monoisotopic (exact) mass is 227 g/mol. The van der Waals surface area contributed by atoms with Crippen LogP contribution in [0.3, 0.4) is 0 Å². The third-order valence-corrected chi connectivity index (χ3v) is 2.86. The maximum atomic E-state index is 9.19. The molecule has 0 fully saturated rings. The summed E-state index contributed by atoms with van der Waals surface area (Å²) >= 11 is 0. The second-order valence-electron chi connectivity index (χ2n) is 3.91. The third-order valence-electron chi connectivity index (χ3n) is 2.86. The molecule has 0 amide bonds. The summed E-state index contributed by atoms with van der Waals surface area (Å²) in [6, 6.07) is 15.7. The Labute approximate surface area is 99.9 Å². The molecule has 2 aromatic rings. The van der Waals surface area contributed by atoms with Gasteiger partial charge >= 0.3 is 0 Å². The highest BCUT2D eigenvalue weighted by atomic mass is 16.5. The molecule has 3 nitrogen and oxygen atoms in total. The van der Waals surface area contributed by atoms with E-state index in [0.29, 0.717) is 6.54 Å². The first-order valence-electron chi connectivity index (χ1n) is 5.64. The standard InChI is InChI=1S/C14H13NO2/c16-10-9-15-11-5-1-3-7-13(11)17-14-8-4-2-6-12(14)15/h1-8,16H,9-10H2. The van der Waals surface area contributed by atoms with Crippen molar-refractivity contribution in [2.45, 2.75) is 0 Å². The lowest BCUT2D eigenvalue weighted by atomic mass is 10.1. The summed E-state index contributed by atoms with van der Waals surface area (Å²) < 4.78 is 5.83. The van der Waals surface area contributed by atoms with Crippen molar-refractivity contribution in [3.05, 3.63) is 48.5 Å². The van der Waals surface area contributed by atoms with Gasteiger partial charge in [0.15, 0.2) is 11.5 Å². The average molecular weight is 227 g/mol. The first-order valence-corrected chi connectivity index (χ1v) is 5.64. The Morgan fingerprint density at radius 1 is 0.882 bits per heavy atom. The fraction of sp³-hybridized carbons (Fsp3) is 0.143. The van der Waals surface area contributed by atoms with Gasteiger partial charge in [0.25, 0.3) is 0 Å². The quantitative estimate of drug-likeness (QED) is 0.856. The van der Waals surface area contributed by atoms with Gasteiger partial charge in [-0.3, -0.25) is 0 Å². The lowest BCUT2D eigenvalue weighted by Crippen LogP contribution is -2.24. The van der Waals surface area contributed by atoms with Gasteiger partial charge in [0.2, 0.25) is 0 Å². The summed E-state index contributed by atoms with van der Waals surface area (Å²) in [7, 11) is 0. The van der Waals surface area contributed by atoms with Crippen LogP contribution in [0.25, 0.3) is 0 Å². The van der Waals surface area contributed by atoms with Gasteiger partial charge in [-0.2, -0.15) is 0 Å². The normalized spacial score (nSPS) is 12.6. The predicted octanol–water partition coefficient (Wildman–Crippen LogP) is 2.92. The Balaban J connectivity index is 2.13. The molecule has 0 saturated carbocycles. The van der Waals surface area contributed by atoms with E-state index in [0.717, 1.165) is 22.9 Å². The molecule has 0 bridgehead atoms. The Morgan fingerprint density at radius 3 is 1.94 bits per heavy atom. The molecule has 86 valence electrons. The number of hydrogen-bond acceptors (Lipinski definition) is 3. The van der Waals surface area contributed by atoms with E-state index in [9.17, 15) is 5.11 Å². The van der Waals surface area contributed by atoms with E-state index in [1.165, 1.54) is 0 Å². The topological polar surface area (TPSA) is 32.7 Å². The number of aliphatic hydroxyl groups is 1. The lowest BCUT2D eigenvalue weighted by Gasteiger charge is -2.32. The van der Waals surface area contributed by atoms with Crippen LogP contribution in [0.2, 0.25) is 0 Å². The zero-order chi connectivity index (χ0) is 11.7. The molecule has 3 rings (SSSR count). The highest BCUT2D eigenvalue weighted by Crippen LogP contribution is 2.45. The first kappa shape index (κ1) is 10.2. The Hall–Kier alpha value is -2.00. The SMILES string of the molecule is OCCN1c2ccccc2Oc2ccccc21. The zero-order valence-corrected chi connectivity index (χ0v) is 9.34. The minimum absolute atomic E-state index is 0.114. The third kappa shape index (κ3) is 1.65. The number of benzene rings is 2. The van der Waals surface area contributed by atoms with Crippen molar-refractivity contribution in [3.63, 3.8) is 0 Å². The van der Waals surface area contributed by atoms with Gasteiger partial charge in [0.05, 0.1) is 18.0 Å². The van der Waals surface area contributed by atoms with Gasteiger partial charge in [-0.1, -0.05) is 24.3 Å². The van der Waals surface area contributed by atoms with E-state index in [1.807, 2.05) is 48.5 Å². The number of fused-ring (bicyclic) bond motifs is 2. The molecule has 1 aliphatic heterocycles. The Morgan fingerprint density at radius 2 is 1.41 bits per heavy atom. The highest BCUT2D eigenvalue weighted by Gasteiger charge is 2.22. The lowest BCUT2D eigenvalue weighted by molar-refractivity contribution is 0.304. The van der Waals surface area contributed by atoms with Gasteiger partial charge < -0.3 is 14.7 Å². The molecule has 0 saturated heterocycles. The number of aliphatic hydroxyl groups excluding tert-OH is 1. The number of β-amino-alcohol motifs (C(OH)–C–C–N with tert-alkyl or cyclic N) is 1. The smallest absolute Gasteiger partial charge is 0.151 e. The van der Waals surface area contributed by atoms with Crippen LogP contribution in [0, 0.1) is 0 Å². The summed E-state index contributed by atoms with van der Waals surface area (Å²) in [6.07, 6.45) is 0. The molecule has 0 unspecified atom stereocenters. The van der Waals surface area contributed by atoms with Crippen molar-refractivity contribution in [3.8, 4) is 11.5 Å². The van der Waals surface area contributed by atoms with E-state index < -0.39 is 0 Å². The summed E-state index contributed by atoms with van der Waals surface area (Å²) in [5, 5.41) is 9.19. The summed E-state index contributed by atoms with van der Waals surface area (Å²) in [6.45, 7) is 0.681. The van der Waals surface area contributed by atoms with Gasteiger partial charge in [0.1, 0.15) is 0 Å². The molecule has 1 aliphatic rings. The minimum Gasteiger partial charge on any atom is -0.453 e. The molecule has 3 heteroatoms. The van der Waals surface area contributed by atoms with E-state index in [2.05, 4.69) is 4.90 Å². The minimum atomic E-state index is 0.114. The van der Waals surface area contributed by atoms with Crippen LogP contribution in [-0.2, 0) is 0 Å². The highest BCUT2D eigenvalue weighted by molar-refractivity contribution is 5.77. The molecule has 0 aromatic heterocycles. The number of ether oxygens (including phenoxy) is 1. The predicted molar refractivity (Wildman–Crippen MR) is 67.0 cm³/mol. The van der Waals surface area contributed by atoms with Crippen molar-refractivity contribution in [1.82, 2.24) is 0 Å². The molecule has 17 heavy (non-hydrogen) atoms. The molecule has 0 spiro atoms. The first-order chi connectivity index (χ1) is 8.40. The molecule has 2 aromatic carbocycles. The van der Waals surface area contributed by atoms with Crippen LogP contribution in [0.15, 0.2) is 48.5 Å². The Bertz CT molecular complexity index is 494. The van der Waals surface area contributed by atoms with Gasteiger partial charge in [-0.25, -0.2) is 0 Å². The summed E-state index contributed by atoms with van der Waals surface area (Å²) in [5.41, 5.74) is 2.00. The number of anilines is 2. The van der Waals surface area contributed by atoms with Crippen molar-refractivity contribution in [1.29, 1.82) is 0 Å². The van der Waals surface area contributed by atoms with Crippen molar-refractivity contribution < 1.29 is 9.84 Å². The van der Waals surface area contributed by atoms with E-state index in [4.69, 9.17) is 4.74 Å². The second-order valence-corrected chi connectivity index (χ2v) is 3.91. The maximum Gasteiger partial charge on any atom is 0.151 e. The molecule has 0 aliphatic carbocycles. The van der Waals surface area contributed by atoms with Crippen LogP contribution < -0.4 is 9.64 Å². The molecule has 0 atom stereocenters. The fourth-order valence-corrected chi connectivity index (χ4v) is 2.12.